The third kappa shape index (κ3) is 2.10. The molecule has 15 heavy (non-hydrogen) atoms. The SMILES string of the molecule is O=C(O)CC(c1ccco1)c1ccco1. The Kier molecular flexibility index (Phi) is 2.58. The van der Waals surface area contributed by atoms with E-state index >= 15 is 0 Å². The highest BCUT2D eigenvalue weighted by Crippen LogP contribution is 2.28. The van der Waals surface area contributed by atoms with E-state index in [-0.39, 0.29) is 12.3 Å². The maximum absolute atomic E-state index is 10.7. The summed E-state index contributed by atoms with van der Waals surface area (Å²) in [7, 11) is 0. The van der Waals surface area contributed by atoms with Crippen LogP contribution in [0.5, 0.6) is 0 Å². The highest BCUT2D eigenvalue weighted by atomic mass is 16.4. The summed E-state index contributed by atoms with van der Waals surface area (Å²) in [5.41, 5.74) is 0. The van der Waals surface area contributed by atoms with Crippen LogP contribution in [0.4, 0.5) is 0 Å². The second-order valence-corrected chi connectivity index (χ2v) is 3.18. The molecule has 0 saturated carbocycles. The minimum atomic E-state index is -0.882. The molecule has 0 radical (unpaired) electrons. The van der Waals surface area contributed by atoms with Gasteiger partial charge in [0.25, 0.3) is 0 Å². The zero-order valence-electron chi connectivity index (χ0n) is 7.92. The van der Waals surface area contributed by atoms with Crippen molar-refractivity contribution >= 4 is 5.97 Å². The summed E-state index contributed by atoms with van der Waals surface area (Å²) < 4.78 is 10.4. The molecule has 0 aliphatic carbocycles. The Morgan fingerprint density at radius 3 is 2.07 bits per heavy atom. The van der Waals surface area contributed by atoms with Gasteiger partial charge in [-0.15, -0.1) is 0 Å². The van der Waals surface area contributed by atoms with Crippen molar-refractivity contribution < 1.29 is 18.7 Å². The Morgan fingerprint density at radius 1 is 1.20 bits per heavy atom. The summed E-state index contributed by atoms with van der Waals surface area (Å²) in [5.74, 6) is -0.0278. The Bertz CT molecular complexity index is 379. The summed E-state index contributed by atoms with van der Waals surface area (Å²) in [4.78, 5) is 10.7. The van der Waals surface area contributed by atoms with E-state index in [2.05, 4.69) is 0 Å². The van der Waals surface area contributed by atoms with Gasteiger partial charge >= 0.3 is 5.97 Å². The minimum Gasteiger partial charge on any atom is -0.481 e. The second-order valence-electron chi connectivity index (χ2n) is 3.18. The molecule has 0 atom stereocenters. The van der Waals surface area contributed by atoms with Crippen molar-refractivity contribution in [3.63, 3.8) is 0 Å². The van der Waals surface area contributed by atoms with E-state index in [4.69, 9.17) is 13.9 Å². The van der Waals surface area contributed by atoms with Crippen LogP contribution in [-0.4, -0.2) is 11.1 Å². The molecule has 2 aromatic heterocycles. The summed E-state index contributed by atoms with van der Waals surface area (Å²) in [6, 6.07) is 6.95. The lowest BCUT2D eigenvalue weighted by Gasteiger charge is -2.08. The smallest absolute Gasteiger partial charge is 0.304 e. The van der Waals surface area contributed by atoms with Gasteiger partial charge in [0.1, 0.15) is 11.5 Å². The predicted molar refractivity (Wildman–Crippen MR) is 51.5 cm³/mol. The Balaban J connectivity index is 2.29. The zero-order chi connectivity index (χ0) is 10.7. The standard InChI is InChI=1S/C11H10O4/c12-11(13)7-8(9-3-1-5-14-9)10-4-2-6-15-10/h1-6,8H,7H2,(H,12,13). The molecule has 0 unspecified atom stereocenters. The molecule has 4 heteroatoms. The van der Waals surface area contributed by atoms with Gasteiger partial charge < -0.3 is 13.9 Å². The van der Waals surface area contributed by atoms with Crippen LogP contribution in [0.3, 0.4) is 0 Å². The van der Waals surface area contributed by atoms with Gasteiger partial charge in [-0.1, -0.05) is 0 Å². The summed E-state index contributed by atoms with van der Waals surface area (Å²) >= 11 is 0. The first-order valence-electron chi connectivity index (χ1n) is 4.56. The van der Waals surface area contributed by atoms with Crippen LogP contribution in [0.15, 0.2) is 45.6 Å². The molecule has 0 aromatic carbocycles. The molecule has 0 spiro atoms. The van der Waals surface area contributed by atoms with Gasteiger partial charge in [0.05, 0.1) is 24.9 Å². The topological polar surface area (TPSA) is 63.6 Å². The zero-order valence-corrected chi connectivity index (χ0v) is 7.92. The number of aliphatic carboxylic acids is 1. The van der Waals surface area contributed by atoms with Gasteiger partial charge in [0.15, 0.2) is 0 Å². The van der Waals surface area contributed by atoms with Crippen molar-refractivity contribution in [2.45, 2.75) is 12.3 Å². The number of hydrogen-bond donors (Lipinski definition) is 1. The van der Waals surface area contributed by atoms with Gasteiger partial charge in [-0.3, -0.25) is 4.79 Å². The number of furan rings is 2. The largest absolute Gasteiger partial charge is 0.481 e. The van der Waals surface area contributed by atoms with E-state index in [9.17, 15) is 4.79 Å². The van der Waals surface area contributed by atoms with E-state index in [1.807, 2.05) is 0 Å². The Morgan fingerprint density at radius 2 is 1.73 bits per heavy atom. The molecule has 0 aliphatic heterocycles. The molecule has 0 amide bonds. The highest BCUT2D eigenvalue weighted by molar-refractivity contribution is 5.68. The first kappa shape index (κ1) is 9.58. The lowest BCUT2D eigenvalue weighted by Crippen LogP contribution is -2.06. The number of carbonyl (C=O) groups is 1. The van der Waals surface area contributed by atoms with E-state index < -0.39 is 5.97 Å². The molecule has 2 rings (SSSR count). The Hall–Kier alpha value is -1.97. The van der Waals surface area contributed by atoms with E-state index in [1.165, 1.54) is 12.5 Å². The van der Waals surface area contributed by atoms with E-state index in [0.717, 1.165) is 0 Å². The molecule has 0 fully saturated rings. The van der Waals surface area contributed by atoms with Crippen LogP contribution in [0.2, 0.25) is 0 Å². The third-order valence-corrected chi connectivity index (χ3v) is 2.15. The molecule has 2 aromatic rings. The van der Waals surface area contributed by atoms with Crippen LogP contribution in [0.1, 0.15) is 23.9 Å². The molecular formula is C11H10O4. The monoisotopic (exact) mass is 206 g/mol. The first-order valence-corrected chi connectivity index (χ1v) is 4.56. The summed E-state index contributed by atoms with van der Waals surface area (Å²) in [5, 5.41) is 8.80. The summed E-state index contributed by atoms with van der Waals surface area (Å²) in [6.07, 6.45) is 3.00. The average molecular weight is 206 g/mol. The summed E-state index contributed by atoms with van der Waals surface area (Å²) in [6.45, 7) is 0. The maximum Gasteiger partial charge on any atom is 0.304 e. The number of carboxylic acids is 1. The second kappa shape index (κ2) is 4.04. The van der Waals surface area contributed by atoms with Crippen molar-refractivity contribution in [1.29, 1.82) is 0 Å². The quantitative estimate of drug-likeness (QED) is 0.834. The molecule has 0 saturated heterocycles. The van der Waals surface area contributed by atoms with Gasteiger partial charge in [0, 0.05) is 0 Å². The van der Waals surface area contributed by atoms with Gasteiger partial charge in [-0.2, -0.15) is 0 Å². The maximum atomic E-state index is 10.7. The van der Waals surface area contributed by atoms with E-state index in [1.54, 1.807) is 24.3 Å². The molecule has 4 nitrogen and oxygen atoms in total. The highest BCUT2D eigenvalue weighted by Gasteiger charge is 2.22. The molecule has 2 heterocycles. The molecular weight excluding hydrogens is 196 g/mol. The van der Waals surface area contributed by atoms with E-state index in [0.29, 0.717) is 11.5 Å². The molecule has 1 N–H and O–H groups in total. The fourth-order valence-corrected chi connectivity index (χ4v) is 1.50. The lowest BCUT2D eigenvalue weighted by atomic mass is 10.00. The third-order valence-electron chi connectivity index (χ3n) is 2.15. The van der Waals surface area contributed by atoms with Gasteiger partial charge in [0.2, 0.25) is 0 Å². The van der Waals surface area contributed by atoms with Crippen molar-refractivity contribution in [3.8, 4) is 0 Å². The van der Waals surface area contributed by atoms with Crippen molar-refractivity contribution in [2.24, 2.45) is 0 Å². The normalized spacial score (nSPS) is 10.7. The van der Waals surface area contributed by atoms with Crippen molar-refractivity contribution in [1.82, 2.24) is 0 Å². The lowest BCUT2D eigenvalue weighted by molar-refractivity contribution is -0.137. The number of hydrogen-bond acceptors (Lipinski definition) is 3. The van der Waals surface area contributed by atoms with Crippen LogP contribution < -0.4 is 0 Å². The van der Waals surface area contributed by atoms with Gasteiger partial charge in [-0.05, 0) is 24.3 Å². The van der Waals surface area contributed by atoms with Crippen LogP contribution >= 0.6 is 0 Å². The van der Waals surface area contributed by atoms with Crippen molar-refractivity contribution in [3.05, 3.63) is 48.3 Å². The molecule has 0 bridgehead atoms. The number of rotatable bonds is 4. The molecule has 0 aliphatic rings. The predicted octanol–water partition coefficient (Wildman–Crippen LogP) is 2.48. The Labute approximate surface area is 86.1 Å². The van der Waals surface area contributed by atoms with Crippen LogP contribution in [-0.2, 0) is 4.79 Å². The fourth-order valence-electron chi connectivity index (χ4n) is 1.50. The van der Waals surface area contributed by atoms with Gasteiger partial charge in [-0.25, -0.2) is 0 Å². The number of carboxylic acid groups (broad SMARTS) is 1. The minimum absolute atomic E-state index is 0.0406. The fraction of sp³-hybridized carbons (Fsp3) is 0.182. The average Bonchev–Trinajstić information content (AvgIpc) is 2.87. The first-order chi connectivity index (χ1) is 7.27. The molecule has 78 valence electrons. The van der Waals surface area contributed by atoms with Crippen LogP contribution in [0, 0.1) is 0 Å². The van der Waals surface area contributed by atoms with Crippen LogP contribution in [0.25, 0.3) is 0 Å². The van der Waals surface area contributed by atoms with Crippen molar-refractivity contribution in [2.75, 3.05) is 0 Å².